The zero-order chi connectivity index (χ0) is 27.3. The van der Waals surface area contributed by atoms with Crippen LogP contribution in [0.3, 0.4) is 0 Å². The van der Waals surface area contributed by atoms with Crippen LogP contribution in [0.4, 0.5) is 32.0 Å². The summed E-state index contributed by atoms with van der Waals surface area (Å²) in [4.78, 5) is 16.2. The summed E-state index contributed by atoms with van der Waals surface area (Å²) in [5.41, 5.74) is -2.92. The van der Waals surface area contributed by atoms with Crippen LogP contribution < -0.4 is 10.3 Å². The molecule has 0 spiro atoms. The van der Waals surface area contributed by atoms with Crippen molar-refractivity contribution in [3.8, 4) is 5.69 Å². The third kappa shape index (κ3) is 5.17. The summed E-state index contributed by atoms with van der Waals surface area (Å²) in [5.74, 6) is 0.347. The van der Waals surface area contributed by atoms with E-state index in [-0.39, 0.29) is 35.0 Å². The van der Waals surface area contributed by atoms with Gasteiger partial charge in [-0.15, -0.1) is 0 Å². The van der Waals surface area contributed by atoms with E-state index in [9.17, 15) is 39.6 Å². The SMILES string of the molecule is Cc1cc(-n2c(C)nc3ccccc3c2=O)ccc1NS(=O)(=O)c1cc(C(F)(F)F)cc(C(F)(F)F)c1. The number of rotatable bonds is 4. The number of alkyl halides is 6. The number of nitrogens with one attached hydrogen (secondary N) is 1. The van der Waals surface area contributed by atoms with E-state index >= 15 is 0 Å². The highest BCUT2D eigenvalue weighted by molar-refractivity contribution is 7.92. The van der Waals surface area contributed by atoms with Gasteiger partial charge in [0.1, 0.15) is 5.82 Å². The predicted molar refractivity (Wildman–Crippen MR) is 124 cm³/mol. The number of aryl methyl sites for hydroxylation is 2. The lowest BCUT2D eigenvalue weighted by Gasteiger charge is -2.17. The first-order valence-electron chi connectivity index (χ1n) is 10.5. The molecular weight excluding hydrogens is 524 g/mol. The van der Waals surface area contributed by atoms with Gasteiger partial charge in [-0.05, 0) is 67.9 Å². The highest BCUT2D eigenvalue weighted by Gasteiger charge is 2.38. The van der Waals surface area contributed by atoms with E-state index in [2.05, 4.69) is 4.98 Å². The summed E-state index contributed by atoms with van der Waals surface area (Å²) in [6.07, 6.45) is -10.4. The van der Waals surface area contributed by atoms with E-state index in [0.717, 1.165) is 0 Å². The Hall–Kier alpha value is -3.87. The summed E-state index contributed by atoms with van der Waals surface area (Å²) >= 11 is 0. The molecule has 3 aromatic carbocycles. The number of fused-ring (bicyclic) bond motifs is 1. The molecule has 0 atom stereocenters. The molecule has 0 aliphatic heterocycles. The van der Waals surface area contributed by atoms with Crippen LogP contribution in [0.1, 0.15) is 22.5 Å². The maximum Gasteiger partial charge on any atom is 0.416 e. The minimum atomic E-state index is -5.21. The van der Waals surface area contributed by atoms with Gasteiger partial charge < -0.3 is 0 Å². The number of benzene rings is 3. The molecule has 37 heavy (non-hydrogen) atoms. The Kier molecular flexibility index (Phi) is 6.31. The highest BCUT2D eigenvalue weighted by Crippen LogP contribution is 2.37. The number of nitrogens with zero attached hydrogens (tertiary/aromatic N) is 2. The fraction of sp³-hybridized carbons (Fsp3) is 0.167. The number of halogens is 6. The van der Waals surface area contributed by atoms with E-state index in [0.29, 0.717) is 22.4 Å². The topological polar surface area (TPSA) is 81.1 Å². The second kappa shape index (κ2) is 8.91. The summed E-state index contributed by atoms with van der Waals surface area (Å²) in [6, 6.07) is 10.8. The Labute approximate surface area is 206 Å². The first kappa shape index (κ1) is 26.2. The Balaban J connectivity index is 1.75. The van der Waals surface area contributed by atoms with Gasteiger partial charge in [-0.2, -0.15) is 26.3 Å². The minimum absolute atomic E-state index is 0.103. The Morgan fingerprint density at radius 3 is 2.00 bits per heavy atom. The van der Waals surface area contributed by atoms with E-state index in [1.54, 1.807) is 31.2 Å². The van der Waals surface area contributed by atoms with Gasteiger partial charge in [0.25, 0.3) is 15.6 Å². The molecule has 194 valence electrons. The molecule has 0 saturated carbocycles. The molecule has 1 heterocycles. The smallest absolute Gasteiger partial charge is 0.279 e. The van der Waals surface area contributed by atoms with Gasteiger partial charge in [0, 0.05) is 0 Å². The summed E-state index contributed by atoms with van der Waals surface area (Å²) in [5, 5.41) is 0.348. The average molecular weight is 541 g/mol. The molecule has 0 aliphatic rings. The number of hydrogen-bond donors (Lipinski definition) is 1. The van der Waals surface area contributed by atoms with Gasteiger partial charge in [0.2, 0.25) is 0 Å². The van der Waals surface area contributed by atoms with Crippen LogP contribution in [0.2, 0.25) is 0 Å². The maximum atomic E-state index is 13.2. The maximum absolute atomic E-state index is 13.2. The first-order valence-corrected chi connectivity index (χ1v) is 12.0. The van der Waals surface area contributed by atoms with Crippen LogP contribution in [0.15, 0.2) is 70.4 Å². The molecule has 0 amide bonds. The number of aromatic nitrogens is 2. The van der Waals surface area contributed by atoms with Gasteiger partial charge in [0.15, 0.2) is 0 Å². The fourth-order valence-corrected chi connectivity index (χ4v) is 4.94. The quantitative estimate of drug-likeness (QED) is 0.329. The molecule has 0 aliphatic carbocycles. The summed E-state index contributed by atoms with van der Waals surface area (Å²) in [6.45, 7) is 3.06. The third-order valence-corrected chi connectivity index (χ3v) is 6.87. The van der Waals surface area contributed by atoms with Crippen molar-refractivity contribution in [3.63, 3.8) is 0 Å². The number of hydrogen-bond acceptors (Lipinski definition) is 4. The van der Waals surface area contributed by atoms with Gasteiger partial charge in [-0.25, -0.2) is 13.4 Å². The van der Waals surface area contributed by atoms with Gasteiger partial charge in [0.05, 0.1) is 38.3 Å². The van der Waals surface area contributed by atoms with Crippen molar-refractivity contribution in [2.24, 2.45) is 0 Å². The van der Waals surface area contributed by atoms with Crippen LogP contribution in [0.25, 0.3) is 16.6 Å². The molecule has 4 rings (SSSR count). The van der Waals surface area contributed by atoms with Crippen molar-refractivity contribution >= 4 is 26.6 Å². The lowest BCUT2D eigenvalue weighted by Crippen LogP contribution is -2.22. The Bertz CT molecular complexity index is 1660. The molecule has 0 saturated heterocycles. The van der Waals surface area contributed by atoms with E-state index in [4.69, 9.17) is 0 Å². The lowest BCUT2D eigenvalue weighted by molar-refractivity contribution is -0.143. The van der Waals surface area contributed by atoms with Crippen LogP contribution in [-0.4, -0.2) is 18.0 Å². The molecule has 6 nitrogen and oxygen atoms in total. The van der Waals surface area contributed by atoms with E-state index in [1.165, 1.54) is 29.7 Å². The Morgan fingerprint density at radius 1 is 0.838 bits per heavy atom. The average Bonchev–Trinajstić information content (AvgIpc) is 2.79. The van der Waals surface area contributed by atoms with Crippen LogP contribution in [0.5, 0.6) is 0 Å². The number of sulfonamides is 1. The molecule has 4 aromatic rings. The summed E-state index contributed by atoms with van der Waals surface area (Å²) < 4.78 is 108. The minimum Gasteiger partial charge on any atom is -0.279 e. The van der Waals surface area contributed by atoms with Crippen molar-refractivity contribution in [2.75, 3.05) is 4.72 Å². The van der Waals surface area contributed by atoms with Crippen LogP contribution in [0, 0.1) is 13.8 Å². The van der Waals surface area contributed by atoms with E-state index < -0.39 is 38.4 Å². The fourth-order valence-electron chi connectivity index (χ4n) is 3.73. The van der Waals surface area contributed by atoms with Crippen molar-refractivity contribution in [1.29, 1.82) is 0 Å². The second-order valence-electron chi connectivity index (χ2n) is 8.16. The monoisotopic (exact) mass is 541 g/mol. The standard InChI is InChI=1S/C24H17F6N3O3S/c1-13-9-17(33-14(2)31-21-6-4-3-5-19(21)22(33)34)7-8-20(13)32-37(35,36)18-11-15(23(25,26)27)10-16(12-18)24(28,29)30/h3-12,32H,1-2H3. The Morgan fingerprint density at radius 2 is 1.43 bits per heavy atom. The number of para-hydroxylation sites is 1. The van der Waals surface area contributed by atoms with E-state index in [1.807, 2.05) is 4.72 Å². The van der Waals surface area contributed by atoms with Crippen molar-refractivity contribution < 1.29 is 34.8 Å². The predicted octanol–water partition coefficient (Wildman–Crippen LogP) is 5.84. The van der Waals surface area contributed by atoms with Gasteiger partial charge in [-0.3, -0.25) is 14.1 Å². The van der Waals surface area contributed by atoms with Crippen molar-refractivity contribution in [3.05, 3.63) is 93.5 Å². The molecule has 1 aromatic heterocycles. The zero-order valence-corrected chi connectivity index (χ0v) is 19.9. The van der Waals surface area contributed by atoms with Crippen LogP contribution in [-0.2, 0) is 22.4 Å². The third-order valence-electron chi connectivity index (χ3n) is 5.53. The van der Waals surface area contributed by atoms with Crippen molar-refractivity contribution in [1.82, 2.24) is 9.55 Å². The first-order chi connectivity index (χ1) is 17.1. The lowest BCUT2D eigenvalue weighted by atomic mass is 10.1. The van der Waals surface area contributed by atoms with Crippen molar-refractivity contribution in [2.45, 2.75) is 31.1 Å². The summed E-state index contributed by atoms with van der Waals surface area (Å²) in [7, 11) is -4.85. The molecule has 0 bridgehead atoms. The molecular formula is C24H17F6N3O3S. The largest absolute Gasteiger partial charge is 0.416 e. The van der Waals surface area contributed by atoms with Gasteiger partial charge in [-0.1, -0.05) is 12.1 Å². The molecule has 13 heteroatoms. The van der Waals surface area contributed by atoms with Gasteiger partial charge >= 0.3 is 12.4 Å². The normalized spacial score (nSPS) is 12.6. The molecule has 0 unspecified atom stereocenters. The second-order valence-corrected chi connectivity index (χ2v) is 9.85. The van der Waals surface area contributed by atoms with Crippen LogP contribution >= 0.6 is 0 Å². The molecule has 1 N–H and O–H groups in total. The zero-order valence-electron chi connectivity index (χ0n) is 19.1. The molecule has 0 fully saturated rings. The molecule has 0 radical (unpaired) electrons. The number of anilines is 1. The highest BCUT2D eigenvalue weighted by atomic mass is 32.2.